The van der Waals surface area contributed by atoms with E-state index in [1.807, 2.05) is 30.3 Å². The van der Waals surface area contributed by atoms with Gasteiger partial charge >= 0.3 is 0 Å². The zero-order valence-electron chi connectivity index (χ0n) is 18.5. The largest absolute Gasteiger partial charge is 0.416 e. The number of carbonyl (C=O) groups is 1. The number of hydrogen-bond donors (Lipinski definition) is 1. The van der Waals surface area contributed by atoms with Gasteiger partial charge in [0, 0.05) is 13.5 Å². The predicted molar refractivity (Wildman–Crippen MR) is 124 cm³/mol. The van der Waals surface area contributed by atoms with E-state index in [4.69, 9.17) is 4.42 Å². The number of benzene rings is 1. The van der Waals surface area contributed by atoms with Gasteiger partial charge in [-0.2, -0.15) is 0 Å². The summed E-state index contributed by atoms with van der Waals surface area (Å²) in [6.07, 6.45) is 0.985. The van der Waals surface area contributed by atoms with E-state index in [9.17, 15) is 18.0 Å². The van der Waals surface area contributed by atoms with Crippen LogP contribution in [-0.2, 0) is 28.1 Å². The first kappa shape index (κ1) is 23.3. The van der Waals surface area contributed by atoms with E-state index in [1.54, 1.807) is 25.6 Å². The summed E-state index contributed by atoms with van der Waals surface area (Å²) in [5, 5.41) is 10.3. The SMILES string of the molecule is Cc1c(NC(=O)C(C)Sc2nnc(CC3CCS(=O)(=O)C3)o2)c(=O)n(-c2ccccc2)n1C. The van der Waals surface area contributed by atoms with Crippen molar-refractivity contribution in [3.8, 4) is 5.69 Å². The number of carbonyl (C=O) groups excluding carboxylic acids is 1. The maximum Gasteiger partial charge on any atom is 0.295 e. The Kier molecular flexibility index (Phi) is 6.48. The number of para-hydroxylation sites is 1. The molecule has 4 rings (SSSR count). The Hall–Kier alpha value is -2.86. The number of thioether (sulfide) groups is 1. The van der Waals surface area contributed by atoms with Crippen LogP contribution in [0.4, 0.5) is 5.69 Å². The van der Waals surface area contributed by atoms with Gasteiger partial charge in [-0.25, -0.2) is 13.1 Å². The molecule has 12 heteroatoms. The molecule has 3 heterocycles. The Bertz CT molecular complexity index is 1330. The summed E-state index contributed by atoms with van der Waals surface area (Å²) in [5.74, 6) is 0.287. The van der Waals surface area contributed by atoms with E-state index in [0.717, 1.165) is 11.8 Å². The van der Waals surface area contributed by atoms with Crippen LogP contribution in [0, 0.1) is 12.8 Å². The molecule has 1 fully saturated rings. The minimum absolute atomic E-state index is 0.0261. The van der Waals surface area contributed by atoms with Crippen LogP contribution in [0.15, 0.2) is 44.8 Å². The zero-order chi connectivity index (χ0) is 23.8. The number of anilines is 1. The standard InChI is InChI=1S/C21H25N5O5S2/c1-13-18(20(28)26(25(13)3)16-7-5-4-6-8-16)22-19(27)14(2)32-21-24-23-17(31-21)11-15-9-10-33(29,30)12-15/h4-8,14-15H,9-12H2,1-3H3,(H,22,27). The van der Waals surface area contributed by atoms with Crippen LogP contribution in [0.25, 0.3) is 5.69 Å². The monoisotopic (exact) mass is 491 g/mol. The van der Waals surface area contributed by atoms with E-state index in [-0.39, 0.29) is 39.8 Å². The Morgan fingerprint density at radius 2 is 2.03 bits per heavy atom. The molecule has 1 N–H and O–H groups in total. The smallest absolute Gasteiger partial charge is 0.295 e. The number of aromatic nitrogens is 4. The summed E-state index contributed by atoms with van der Waals surface area (Å²) in [6.45, 7) is 3.45. The summed E-state index contributed by atoms with van der Waals surface area (Å²) < 4.78 is 32.0. The lowest BCUT2D eigenvalue weighted by molar-refractivity contribution is -0.115. The third-order valence-corrected chi connectivity index (χ3v) is 8.46. The van der Waals surface area contributed by atoms with Crippen LogP contribution >= 0.6 is 11.8 Å². The molecule has 1 saturated heterocycles. The van der Waals surface area contributed by atoms with Crippen molar-refractivity contribution in [2.45, 2.75) is 37.2 Å². The molecule has 2 atom stereocenters. The molecule has 2 aromatic heterocycles. The van der Waals surface area contributed by atoms with Gasteiger partial charge in [0.2, 0.25) is 11.8 Å². The predicted octanol–water partition coefficient (Wildman–Crippen LogP) is 1.96. The minimum atomic E-state index is -2.97. The van der Waals surface area contributed by atoms with Gasteiger partial charge in [0.1, 0.15) is 5.69 Å². The van der Waals surface area contributed by atoms with E-state index < -0.39 is 15.1 Å². The summed E-state index contributed by atoms with van der Waals surface area (Å²) in [5.41, 5.74) is 1.22. The lowest BCUT2D eigenvalue weighted by Gasteiger charge is -2.09. The van der Waals surface area contributed by atoms with Crippen molar-refractivity contribution in [3.05, 3.63) is 52.3 Å². The van der Waals surface area contributed by atoms with Crippen LogP contribution in [0.3, 0.4) is 0 Å². The molecule has 1 amide bonds. The second kappa shape index (κ2) is 9.18. The van der Waals surface area contributed by atoms with Crippen LogP contribution in [0.5, 0.6) is 0 Å². The van der Waals surface area contributed by atoms with Gasteiger partial charge in [0.15, 0.2) is 9.84 Å². The molecule has 1 aliphatic heterocycles. The Balaban J connectivity index is 1.42. The van der Waals surface area contributed by atoms with Gasteiger partial charge in [-0.15, -0.1) is 10.2 Å². The molecule has 0 aliphatic carbocycles. The van der Waals surface area contributed by atoms with Crippen molar-refractivity contribution in [3.63, 3.8) is 0 Å². The lowest BCUT2D eigenvalue weighted by Crippen LogP contribution is -2.27. The van der Waals surface area contributed by atoms with Crippen molar-refractivity contribution in [1.29, 1.82) is 0 Å². The highest BCUT2D eigenvalue weighted by atomic mass is 32.2. The molecule has 33 heavy (non-hydrogen) atoms. The van der Waals surface area contributed by atoms with E-state index in [2.05, 4.69) is 15.5 Å². The number of rotatable bonds is 7. The molecule has 1 aliphatic rings. The second-order valence-corrected chi connectivity index (χ2v) is 11.6. The average Bonchev–Trinajstić information content (AvgIpc) is 3.42. The van der Waals surface area contributed by atoms with Crippen molar-refractivity contribution in [1.82, 2.24) is 19.6 Å². The molecular formula is C21H25N5O5S2. The van der Waals surface area contributed by atoms with Crippen LogP contribution < -0.4 is 10.9 Å². The highest BCUT2D eigenvalue weighted by molar-refractivity contribution is 8.00. The first-order valence-corrected chi connectivity index (χ1v) is 13.2. The van der Waals surface area contributed by atoms with E-state index >= 15 is 0 Å². The molecule has 1 aromatic carbocycles. The van der Waals surface area contributed by atoms with Crippen LogP contribution in [0.1, 0.15) is 24.9 Å². The third-order valence-electron chi connectivity index (χ3n) is 5.69. The van der Waals surface area contributed by atoms with E-state index in [1.165, 1.54) is 4.68 Å². The fraction of sp³-hybridized carbons (Fsp3) is 0.429. The highest BCUT2D eigenvalue weighted by Gasteiger charge is 2.30. The third kappa shape index (κ3) is 5.06. The molecule has 2 unspecified atom stereocenters. The molecule has 3 aromatic rings. The number of amides is 1. The normalized spacial score (nSPS) is 18.3. The van der Waals surface area contributed by atoms with Crippen molar-refractivity contribution < 1.29 is 17.6 Å². The number of nitrogens with zero attached hydrogens (tertiary/aromatic N) is 4. The van der Waals surface area contributed by atoms with Crippen molar-refractivity contribution >= 4 is 33.2 Å². The molecular weight excluding hydrogens is 466 g/mol. The summed E-state index contributed by atoms with van der Waals surface area (Å²) in [6, 6.07) is 9.18. The van der Waals surface area contributed by atoms with Gasteiger partial charge < -0.3 is 9.73 Å². The zero-order valence-corrected chi connectivity index (χ0v) is 20.1. The first-order chi connectivity index (χ1) is 15.6. The molecule has 0 saturated carbocycles. The number of hydrogen-bond acceptors (Lipinski definition) is 8. The molecule has 0 bridgehead atoms. The van der Waals surface area contributed by atoms with Gasteiger partial charge in [-0.05, 0) is 38.3 Å². The molecule has 0 spiro atoms. The minimum Gasteiger partial charge on any atom is -0.416 e. The maximum atomic E-state index is 13.0. The van der Waals surface area contributed by atoms with Gasteiger partial charge in [0.05, 0.1) is 28.1 Å². The summed E-state index contributed by atoms with van der Waals surface area (Å²) in [7, 11) is -1.21. The number of nitrogens with one attached hydrogen (secondary N) is 1. The highest BCUT2D eigenvalue weighted by Crippen LogP contribution is 2.26. The van der Waals surface area contributed by atoms with Crippen LogP contribution in [-0.4, -0.2) is 50.6 Å². The van der Waals surface area contributed by atoms with Gasteiger partial charge in [0.25, 0.3) is 10.8 Å². The van der Waals surface area contributed by atoms with E-state index in [0.29, 0.717) is 30.1 Å². The molecule has 10 nitrogen and oxygen atoms in total. The van der Waals surface area contributed by atoms with Gasteiger partial charge in [-0.1, -0.05) is 30.0 Å². The summed E-state index contributed by atoms with van der Waals surface area (Å²) >= 11 is 1.08. The topological polar surface area (TPSA) is 129 Å². The fourth-order valence-electron chi connectivity index (χ4n) is 3.79. The Morgan fingerprint density at radius 3 is 2.70 bits per heavy atom. The average molecular weight is 492 g/mol. The maximum absolute atomic E-state index is 13.0. The van der Waals surface area contributed by atoms with Crippen LogP contribution in [0.2, 0.25) is 0 Å². The molecule has 176 valence electrons. The Labute approximate surface area is 195 Å². The fourth-order valence-corrected chi connectivity index (χ4v) is 6.35. The second-order valence-electron chi connectivity index (χ2n) is 8.12. The van der Waals surface area contributed by atoms with Crippen molar-refractivity contribution in [2.75, 3.05) is 16.8 Å². The lowest BCUT2D eigenvalue weighted by atomic mass is 10.1. The quantitative estimate of drug-likeness (QED) is 0.497. The van der Waals surface area contributed by atoms with Gasteiger partial charge in [-0.3, -0.25) is 14.3 Å². The first-order valence-electron chi connectivity index (χ1n) is 10.5. The number of sulfone groups is 1. The molecule has 0 radical (unpaired) electrons. The Morgan fingerprint density at radius 1 is 1.30 bits per heavy atom. The van der Waals surface area contributed by atoms with Crippen molar-refractivity contribution in [2.24, 2.45) is 13.0 Å². The summed E-state index contributed by atoms with van der Waals surface area (Å²) in [4.78, 5) is 25.8.